The Morgan fingerprint density at radius 3 is 1.60 bits per heavy atom. The van der Waals surface area contributed by atoms with Crippen molar-refractivity contribution in [2.45, 2.75) is 33.6 Å². The number of hydrogen-bond donors (Lipinski definition) is 0. The van der Waals surface area contributed by atoms with Gasteiger partial charge in [-0.15, -0.1) is 0 Å². The van der Waals surface area contributed by atoms with Crippen LogP contribution in [0.15, 0.2) is 48.5 Å². The molecule has 0 heterocycles. The average molecular weight is 330 g/mol. The Bertz CT molecular complexity index is 556. The Morgan fingerprint density at radius 1 is 0.850 bits per heavy atom. The second-order valence-corrected chi connectivity index (χ2v) is 6.06. The predicted octanol–water partition coefficient (Wildman–Crippen LogP) is 4.27. The van der Waals surface area contributed by atoms with Crippen molar-refractivity contribution in [2.75, 3.05) is 4.90 Å². The Kier molecular flexibility index (Phi) is 5.17. The molecule has 0 fully saturated rings. The molecule has 104 valence electrons. The summed E-state index contributed by atoms with van der Waals surface area (Å²) in [5.74, 6) is 0. The van der Waals surface area contributed by atoms with E-state index in [0.29, 0.717) is 0 Å². The van der Waals surface area contributed by atoms with E-state index in [9.17, 15) is 0 Å². The Balaban J connectivity index is 2.60. The third kappa shape index (κ3) is 3.03. The van der Waals surface area contributed by atoms with Crippen molar-refractivity contribution in [3.63, 3.8) is 0 Å². The van der Waals surface area contributed by atoms with Crippen molar-refractivity contribution in [3.05, 3.63) is 59.7 Å². The van der Waals surface area contributed by atoms with Crippen molar-refractivity contribution < 1.29 is 0 Å². The molecule has 0 saturated carbocycles. The van der Waals surface area contributed by atoms with Gasteiger partial charge in [-0.3, -0.25) is 0 Å². The van der Waals surface area contributed by atoms with Crippen molar-refractivity contribution in [1.82, 2.24) is 0 Å². The molecule has 0 aliphatic carbocycles. The first-order valence-corrected chi connectivity index (χ1v) is 8.01. The number of para-hydroxylation sites is 2. The second-order valence-electron chi connectivity index (χ2n) is 4.82. The fourth-order valence-corrected chi connectivity index (χ4v) is 2.94. The molecule has 0 amide bonds. The summed E-state index contributed by atoms with van der Waals surface area (Å²) in [4.78, 5) is 2.33. The van der Waals surface area contributed by atoms with Crippen LogP contribution in [0.5, 0.6) is 0 Å². The van der Waals surface area contributed by atoms with Gasteiger partial charge in [-0.25, -0.2) is 0 Å². The summed E-state index contributed by atoms with van der Waals surface area (Å²) < 4.78 is 1.17. The van der Waals surface area contributed by atoms with Gasteiger partial charge in [0.15, 0.2) is 0 Å². The van der Waals surface area contributed by atoms with E-state index in [2.05, 4.69) is 89.8 Å². The van der Waals surface area contributed by atoms with Crippen LogP contribution in [-0.4, -0.2) is 20.1 Å². The zero-order valence-electron chi connectivity index (χ0n) is 12.4. The van der Waals surface area contributed by atoms with Crippen molar-refractivity contribution in [1.29, 1.82) is 0 Å². The van der Waals surface area contributed by atoms with E-state index in [1.807, 2.05) is 0 Å². The molecular formula is C18H21NSe. The first kappa shape index (κ1) is 15.0. The summed E-state index contributed by atoms with van der Waals surface area (Å²) in [6, 6.07) is 17.3. The fraction of sp³-hybridized carbons (Fsp3) is 0.278. The molecule has 2 aromatic carbocycles. The van der Waals surface area contributed by atoms with Gasteiger partial charge < -0.3 is 0 Å². The van der Waals surface area contributed by atoms with Crippen LogP contribution in [0, 0.1) is 0 Å². The van der Waals surface area contributed by atoms with Crippen LogP contribution in [0.1, 0.15) is 31.9 Å². The molecule has 0 saturated heterocycles. The summed E-state index contributed by atoms with van der Waals surface area (Å²) in [6.07, 6.45) is 2.07. The van der Waals surface area contributed by atoms with E-state index in [4.69, 9.17) is 0 Å². The van der Waals surface area contributed by atoms with Gasteiger partial charge in [0.05, 0.1) is 0 Å². The normalized spacial score (nSPS) is 10.3. The van der Waals surface area contributed by atoms with Crippen LogP contribution in [0.3, 0.4) is 0 Å². The molecule has 0 aliphatic heterocycles. The maximum atomic E-state index is 3.18. The van der Waals surface area contributed by atoms with Gasteiger partial charge in [0.1, 0.15) is 0 Å². The number of anilines is 2. The third-order valence-electron chi connectivity index (χ3n) is 3.54. The number of nitrogens with zero attached hydrogens (tertiary/aromatic N) is 1. The van der Waals surface area contributed by atoms with Crippen LogP contribution in [-0.2, 0) is 12.8 Å². The average Bonchev–Trinajstić information content (AvgIpc) is 2.48. The van der Waals surface area contributed by atoms with E-state index in [1.54, 1.807) is 0 Å². The van der Waals surface area contributed by atoms with Gasteiger partial charge in [-0.1, -0.05) is 0 Å². The van der Waals surface area contributed by atoms with Crippen LogP contribution >= 0.6 is 0 Å². The quantitative estimate of drug-likeness (QED) is 0.740. The van der Waals surface area contributed by atoms with Gasteiger partial charge in [0.25, 0.3) is 0 Å². The van der Waals surface area contributed by atoms with E-state index in [-0.39, 0.29) is 0 Å². The maximum absolute atomic E-state index is 3.18. The Labute approximate surface area is 130 Å². The summed E-state index contributed by atoms with van der Waals surface area (Å²) in [7, 11) is 0. The van der Waals surface area contributed by atoms with Crippen LogP contribution in [0.25, 0.3) is 0 Å². The third-order valence-corrected chi connectivity index (χ3v) is 3.92. The van der Waals surface area contributed by atoms with Crippen molar-refractivity contribution >= 4 is 31.5 Å². The van der Waals surface area contributed by atoms with E-state index < -0.39 is 0 Å². The molecule has 0 N–H and O–H groups in total. The number of aryl methyl sites for hydroxylation is 2. The molecule has 20 heavy (non-hydrogen) atoms. The molecule has 0 bridgehead atoms. The Hall–Kier alpha value is -1.37. The van der Waals surface area contributed by atoms with Gasteiger partial charge >= 0.3 is 130 Å². The van der Waals surface area contributed by atoms with Gasteiger partial charge in [-0.2, -0.15) is 0 Å². The minimum atomic E-state index is 1.04. The molecule has 0 atom stereocenters. The standard InChI is InChI=1S/C18H21NSe/c1-4-15-10-6-8-12-17(15)19(14(3)20)18-13-9-7-11-16(18)5-2/h6-13H,4-5H2,1-3H3. The topological polar surface area (TPSA) is 3.24 Å². The van der Waals surface area contributed by atoms with Gasteiger partial charge in [0.2, 0.25) is 0 Å². The molecule has 0 radical (unpaired) electrons. The molecule has 0 unspecified atom stereocenters. The summed E-state index contributed by atoms with van der Waals surface area (Å²) in [6.45, 7) is 6.54. The molecule has 2 rings (SSSR count). The van der Waals surface area contributed by atoms with E-state index >= 15 is 0 Å². The zero-order valence-corrected chi connectivity index (χ0v) is 14.1. The van der Waals surface area contributed by atoms with Gasteiger partial charge in [0, 0.05) is 0 Å². The van der Waals surface area contributed by atoms with E-state index in [0.717, 1.165) is 12.8 Å². The summed E-state index contributed by atoms with van der Waals surface area (Å²) in [5.41, 5.74) is 5.28. The molecule has 2 heteroatoms. The fourth-order valence-electron chi connectivity index (χ4n) is 2.52. The second kappa shape index (κ2) is 6.87. The summed E-state index contributed by atoms with van der Waals surface area (Å²) in [5, 5.41) is 0. The molecule has 0 spiro atoms. The van der Waals surface area contributed by atoms with Crippen molar-refractivity contribution in [3.8, 4) is 0 Å². The van der Waals surface area contributed by atoms with Crippen LogP contribution in [0.2, 0.25) is 0 Å². The van der Waals surface area contributed by atoms with Crippen molar-refractivity contribution in [2.24, 2.45) is 0 Å². The monoisotopic (exact) mass is 331 g/mol. The molecule has 0 aliphatic rings. The molecular weight excluding hydrogens is 309 g/mol. The number of rotatable bonds is 5. The van der Waals surface area contributed by atoms with Crippen LogP contribution < -0.4 is 4.90 Å². The number of hydrogen-bond acceptors (Lipinski definition) is 1. The molecule has 2 aromatic rings. The Morgan fingerprint density at radius 2 is 1.25 bits per heavy atom. The van der Waals surface area contributed by atoms with Crippen LogP contribution in [0.4, 0.5) is 11.4 Å². The summed E-state index contributed by atoms with van der Waals surface area (Å²) >= 11 is 3.18. The first-order valence-electron chi connectivity index (χ1n) is 7.15. The number of benzene rings is 2. The van der Waals surface area contributed by atoms with Gasteiger partial charge in [-0.05, 0) is 0 Å². The predicted molar refractivity (Wildman–Crippen MR) is 90.2 cm³/mol. The molecule has 1 nitrogen and oxygen atoms in total. The zero-order chi connectivity index (χ0) is 14.5. The minimum absolute atomic E-state index is 1.04. The SMILES string of the molecule is CCc1ccccc1N(C(C)=[Se])c1ccccc1CC. The van der Waals surface area contributed by atoms with E-state index in [1.165, 1.54) is 27.0 Å². The first-order chi connectivity index (χ1) is 9.69. The molecule has 0 aromatic heterocycles.